The fraction of sp³-hybridized carbons (Fsp3) is 0.500. The van der Waals surface area contributed by atoms with Gasteiger partial charge in [0.05, 0.1) is 5.56 Å². The summed E-state index contributed by atoms with van der Waals surface area (Å²) in [6.07, 6.45) is -2.99. The van der Waals surface area contributed by atoms with E-state index in [0.717, 1.165) is 0 Å². The Morgan fingerprint density at radius 3 is 2.21 bits per heavy atom. The summed E-state index contributed by atoms with van der Waals surface area (Å²) in [4.78, 5) is 35.0. The van der Waals surface area contributed by atoms with Gasteiger partial charge < -0.3 is 19.4 Å². The van der Waals surface area contributed by atoms with Crippen molar-refractivity contribution < 1.29 is 37.7 Å². The predicted octanol–water partition coefficient (Wildman–Crippen LogP) is 3.20. The predicted molar refractivity (Wildman–Crippen MR) is 103 cm³/mol. The van der Waals surface area contributed by atoms with Crippen LogP contribution in [0, 0.1) is 9.49 Å². The Balaban J connectivity index is 3.07. The standard InChI is InChI=1S/C18H22F2INO6/c1-9(2)13(18(19,20)15(24)25)27-14(23)11-8-10(6-7-12(11)21)22-16(26)28-17(3,4)5/h6-9,13H,1-5H3,(H,22,26)(H,24,25)/p-1. The third kappa shape index (κ3) is 6.57. The number of carboxylic acid groups (broad SMARTS) is 1. The van der Waals surface area contributed by atoms with Crippen LogP contribution in [-0.2, 0) is 14.3 Å². The summed E-state index contributed by atoms with van der Waals surface area (Å²) in [6.45, 7) is 7.60. The maximum atomic E-state index is 13.8. The maximum absolute atomic E-state index is 13.8. The average Bonchev–Trinajstić information content (AvgIpc) is 2.51. The van der Waals surface area contributed by atoms with Gasteiger partial charge in [-0.1, -0.05) is 13.8 Å². The third-order valence-electron chi connectivity index (χ3n) is 3.30. The molecule has 0 aliphatic heterocycles. The van der Waals surface area contributed by atoms with Gasteiger partial charge >= 0.3 is 18.0 Å². The Kier molecular flexibility index (Phi) is 7.74. The fourth-order valence-corrected chi connectivity index (χ4v) is 2.66. The lowest BCUT2D eigenvalue weighted by Crippen LogP contribution is -2.53. The lowest BCUT2D eigenvalue weighted by molar-refractivity contribution is -0.337. The Morgan fingerprint density at radius 1 is 1.18 bits per heavy atom. The van der Waals surface area contributed by atoms with Gasteiger partial charge in [-0.25, -0.2) is 9.59 Å². The summed E-state index contributed by atoms with van der Waals surface area (Å²) in [5.41, 5.74) is -0.681. The molecule has 0 aliphatic carbocycles. The highest BCUT2D eigenvalue weighted by atomic mass is 127. The van der Waals surface area contributed by atoms with Crippen LogP contribution in [0.4, 0.5) is 19.3 Å². The first-order valence-electron chi connectivity index (χ1n) is 8.25. The Hall–Kier alpha value is -1.98. The summed E-state index contributed by atoms with van der Waals surface area (Å²) in [7, 11) is 0. The molecule has 28 heavy (non-hydrogen) atoms. The van der Waals surface area contributed by atoms with Gasteiger partial charge in [0, 0.05) is 9.26 Å². The minimum atomic E-state index is -4.36. The van der Waals surface area contributed by atoms with Crippen LogP contribution >= 0.6 is 22.6 Å². The zero-order chi connectivity index (χ0) is 21.9. The van der Waals surface area contributed by atoms with Gasteiger partial charge in [-0.05, 0) is 67.5 Å². The molecule has 156 valence electrons. The van der Waals surface area contributed by atoms with Crippen LogP contribution < -0.4 is 10.4 Å². The van der Waals surface area contributed by atoms with Crippen molar-refractivity contribution in [3.63, 3.8) is 0 Å². The number of carboxylic acids is 1. The highest BCUT2D eigenvalue weighted by molar-refractivity contribution is 14.1. The fourth-order valence-electron chi connectivity index (χ4n) is 2.10. The number of rotatable bonds is 6. The van der Waals surface area contributed by atoms with Crippen LogP contribution in [0.15, 0.2) is 18.2 Å². The van der Waals surface area contributed by atoms with Gasteiger partial charge in [0.15, 0.2) is 6.10 Å². The van der Waals surface area contributed by atoms with Gasteiger partial charge in [0.1, 0.15) is 11.6 Å². The minimum Gasteiger partial charge on any atom is -0.544 e. The zero-order valence-electron chi connectivity index (χ0n) is 16.0. The first-order chi connectivity index (χ1) is 12.6. The maximum Gasteiger partial charge on any atom is 0.412 e. The molecule has 7 nitrogen and oxygen atoms in total. The normalized spacial score (nSPS) is 13.0. The molecular weight excluding hydrogens is 491 g/mol. The average molecular weight is 512 g/mol. The van der Waals surface area contributed by atoms with E-state index in [4.69, 9.17) is 9.47 Å². The van der Waals surface area contributed by atoms with Gasteiger partial charge in [0.2, 0.25) is 0 Å². The number of halogens is 3. The van der Waals surface area contributed by atoms with E-state index in [-0.39, 0.29) is 11.3 Å². The Morgan fingerprint density at radius 2 is 1.75 bits per heavy atom. The van der Waals surface area contributed by atoms with E-state index in [9.17, 15) is 28.3 Å². The second kappa shape index (κ2) is 9.01. The summed E-state index contributed by atoms with van der Waals surface area (Å²) >= 11 is 1.79. The molecule has 0 fully saturated rings. The summed E-state index contributed by atoms with van der Waals surface area (Å²) in [6, 6.07) is 4.17. The SMILES string of the molecule is CC(C)C(OC(=O)c1cc(NC(=O)OC(C)(C)C)ccc1I)C(F)(F)C(=O)[O-]. The lowest BCUT2D eigenvalue weighted by atomic mass is 10.0. The van der Waals surface area contributed by atoms with E-state index in [1.54, 1.807) is 43.4 Å². The monoisotopic (exact) mass is 512 g/mol. The van der Waals surface area contributed by atoms with Crippen LogP contribution in [0.2, 0.25) is 0 Å². The van der Waals surface area contributed by atoms with Crippen molar-refractivity contribution >= 4 is 46.3 Å². The van der Waals surface area contributed by atoms with Crippen molar-refractivity contribution in [1.82, 2.24) is 0 Å². The minimum absolute atomic E-state index is 0.117. The molecule has 1 aromatic carbocycles. The van der Waals surface area contributed by atoms with Crippen LogP contribution in [0.5, 0.6) is 0 Å². The second-order valence-electron chi connectivity index (χ2n) is 7.30. The topological polar surface area (TPSA) is 105 Å². The number of ether oxygens (including phenoxy) is 2. The van der Waals surface area contributed by atoms with E-state index >= 15 is 0 Å². The molecule has 0 saturated carbocycles. The molecule has 1 amide bonds. The van der Waals surface area contributed by atoms with Crippen LogP contribution in [0.3, 0.4) is 0 Å². The quantitative estimate of drug-likeness (QED) is 0.464. The molecule has 1 atom stereocenters. The van der Waals surface area contributed by atoms with E-state index < -0.39 is 41.6 Å². The molecule has 0 spiro atoms. The molecule has 1 N–H and O–H groups in total. The number of amides is 1. The molecule has 0 saturated heterocycles. The van der Waals surface area contributed by atoms with E-state index in [2.05, 4.69) is 5.32 Å². The number of nitrogens with one attached hydrogen (secondary N) is 1. The number of alkyl halides is 2. The first-order valence-corrected chi connectivity index (χ1v) is 9.33. The summed E-state index contributed by atoms with van der Waals surface area (Å²) in [5, 5.41) is 13.1. The number of hydrogen-bond acceptors (Lipinski definition) is 6. The number of benzene rings is 1. The molecule has 0 bridgehead atoms. The van der Waals surface area contributed by atoms with Crippen molar-refractivity contribution in [2.45, 2.75) is 52.2 Å². The highest BCUT2D eigenvalue weighted by Gasteiger charge is 2.46. The molecule has 1 unspecified atom stereocenters. The van der Waals surface area contributed by atoms with E-state index in [0.29, 0.717) is 3.57 Å². The van der Waals surface area contributed by atoms with Crippen LogP contribution in [0.1, 0.15) is 45.0 Å². The second-order valence-corrected chi connectivity index (χ2v) is 8.46. The number of carbonyl (C=O) groups excluding carboxylic acids is 3. The molecule has 0 aromatic heterocycles. The number of anilines is 1. The van der Waals surface area contributed by atoms with Crippen molar-refractivity contribution in [3.8, 4) is 0 Å². The van der Waals surface area contributed by atoms with Gasteiger partial charge in [-0.3, -0.25) is 5.32 Å². The van der Waals surface area contributed by atoms with Crippen molar-refractivity contribution in [1.29, 1.82) is 0 Å². The van der Waals surface area contributed by atoms with Crippen molar-refractivity contribution in [3.05, 3.63) is 27.3 Å². The smallest absolute Gasteiger partial charge is 0.412 e. The molecule has 0 radical (unpaired) electrons. The number of hydrogen-bond donors (Lipinski definition) is 1. The highest BCUT2D eigenvalue weighted by Crippen LogP contribution is 2.29. The van der Waals surface area contributed by atoms with Gasteiger partial charge in [0.25, 0.3) is 0 Å². The molecule has 1 rings (SSSR count). The largest absolute Gasteiger partial charge is 0.544 e. The Labute approximate surface area is 174 Å². The summed E-state index contributed by atoms with van der Waals surface area (Å²) in [5.74, 6) is -9.13. The first kappa shape index (κ1) is 24.1. The van der Waals surface area contributed by atoms with E-state index in [1.165, 1.54) is 32.0 Å². The molecule has 10 heteroatoms. The van der Waals surface area contributed by atoms with Crippen LogP contribution in [0.25, 0.3) is 0 Å². The van der Waals surface area contributed by atoms with Crippen LogP contribution in [-0.4, -0.2) is 35.7 Å². The van der Waals surface area contributed by atoms with Crippen molar-refractivity contribution in [2.24, 2.45) is 5.92 Å². The van der Waals surface area contributed by atoms with Gasteiger partial charge in [-0.15, -0.1) is 0 Å². The number of esters is 1. The molecule has 0 aliphatic rings. The third-order valence-corrected chi connectivity index (χ3v) is 4.24. The summed E-state index contributed by atoms with van der Waals surface area (Å²) < 4.78 is 37.9. The molecule has 0 heterocycles. The molecule has 1 aromatic rings. The lowest BCUT2D eigenvalue weighted by Gasteiger charge is -2.30. The number of carbonyl (C=O) groups is 3. The van der Waals surface area contributed by atoms with Gasteiger partial charge in [-0.2, -0.15) is 8.78 Å². The Bertz CT molecular complexity index is 761. The van der Waals surface area contributed by atoms with E-state index in [1.807, 2.05) is 0 Å². The zero-order valence-corrected chi connectivity index (χ0v) is 18.1. The van der Waals surface area contributed by atoms with Crippen molar-refractivity contribution in [2.75, 3.05) is 5.32 Å². The number of aliphatic carboxylic acids is 1. The molecular formula is C18H21F2INO6-.